The van der Waals surface area contributed by atoms with Gasteiger partial charge >= 0.3 is 0 Å². The van der Waals surface area contributed by atoms with Crippen molar-refractivity contribution in [2.75, 3.05) is 0 Å². The smallest absolute Gasteiger partial charge is 0.177 e. The Morgan fingerprint density at radius 1 is 1.54 bits per heavy atom. The molecule has 0 aromatic carbocycles. The number of hydrogen-bond donors (Lipinski definition) is 2. The second-order valence-corrected chi connectivity index (χ2v) is 3.29. The molecule has 3 N–H and O–H groups in total. The van der Waals surface area contributed by atoms with E-state index >= 15 is 0 Å². The van der Waals surface area contributed by atoms with Crippen LogP contribution in [0.25, 0.3) is 11.2 Å². The molecule has 2 aromatic rings. The molecule has 0 saturated heterocycles. The minimum absolute atomic E-state index is 0.0745. The first-order valence-corrected chi connectivity index (χ1v) is 4.24. The first-order chi connectivity index (χ1) is 6.16. The Morgan fingerprint density at radius 3 is 3.00 bits per heavy atom. The Labute approximate surface area is 76.2 Å². The summed E-state index contributed by atoms with van der Waals surface area (Å²) in [4.78, 5) is 11.6. The highest BCUT2D eigenvalue weighted by Crippen LogP contribution is 2.13. The lowest BCUT2D eigenvalue weighted by atomic mass is 10.3. The SMILES string of the molecule is Cc1cnc2nc(C(C)N)[nH]c2c1. The Balaban J connectivity index is 2.62. The predicted molar refractivity (Wildman–Crippen MR) is 51.2 cm³/mol. The fourth-order valence-corrected chi connectivity index (χ4v) is 1.24. The first-order valence-electron chi connectivity index (χ1n) is 4.24. The number of H-pyrrole nitrogens is 1. The fraction of sp³-hybridized carbons (Fsp3) is 0.333. The van der Waals surface area contributed by atoms with E-state index in [1.165, 1.54) is 0 Å². The monoisotopic (exact) mass is 176 g/mol. The van der Waals surface area contributed by atoms with Crippen molar-refractivity contribution < 1.29 is 0 Å². The third kappa shape index (κ3) is 1.40. The Bertz CT molecular complexity index is 430. The number of imidazole rings is 1. The zero-order valence-electron chi connectivity index (χ0n) is 7.70. The lowest BCUT2D eigenvalue weighted by Crippen LogP contribution is -2.06. The summed E-state index contributed by atoms with van der Waals surface area (Å²) >= 11 is 0. The highest BCUT2D eigenvalue weighted by molar-refractivity contribution is 5.71. The highest BCUT2D eigenvalue weighted by Gasteiger charge is 2.06. The van der Waals surface area contributed by atoms with E-state index in [9.17, 15) is 0 Å². The van der Waals surface area contributed by atoms with Crippen LogP contribution in [0.15, 0.2) is 12.3 Å². The predicted octanol–water partition coefficient (Wildman–Crippen LogP) is 1.29. The summed E-state index contributed by atoms with van der Waals surface area (Å²) in [5.74, 6) is 0.785. The molecule has 13 heavy (non-hydrogen) atoms. The molecule has 0 aliphatic carbocycles. The largest absolute Gasteiger partial charge is 0.339 e. The maximum absolute atomic E-state index is 5.69. The van der Waals surface area contributed by atoms with Crippen molar-refractivity contribution in [1.82, 2.24) is 15.0 Å². The number of hydrogen-bond acceptors (Lipinski definition) is 3. The molecule has 0 amide bonds. The Morgan fingerprint density at radius 2 is 2.31 bits per heavy atom. The topological polar surface area (TPSA) is 67.6 Å². The summed E-state index contributed by atoms with van der Waals surface area (Å²) in [7, 11) is 0. The van der Waals surface area contributed by atoms with E-state index in [4.69, 9.17) is 5.73 Å². The molecule has 68 valence electrons. The third-order valence-electron chi connectivity index (χ3n) is 1.92. The molecule has 0 fully saturated rings. The maximum atomic E-state index is 5.69. The normalized spacial score (nSPS) is 13.5. The Kier molecular flexibility index (Phi) is 1.77. The van der Waals surface area contributed by atoms with E-state index < -0.39 is 0 Å². The van der Waals surface area contributed by atoms with Crippen molar-refractivity contribution in [2.45, 2.75) is 19.9 Å². The van der Waals surface area contributed by atoms with E-state index in [0.717, 1.165) is 22.6 Å². The second kappa shape index (κ2) is 2.81. The van der Waals surface area contributed by atoms with Crippen LogP contribution in [0.2, 0.25) is 0 Å². The van der Waals surface area contributed by atoms with E-state index in [1.54, 1.807) is 6.20 Å². The van der Waals surface area contributed by atoms with Gasteiger partial charge in [-0.1, -0.05) is 0 Å². The number of pyridine rings is 1. The van der Waals surface area contributed by atoms with Gasteiger partial charge in [0.25, 0.3) is 0 Å². The van der Waals surface area contributed by atoms with Crippen molar-refractivity contribution >= 4 is 11.2 Å². The van der Waals surface area contributed by atoms with Gasteiger partial charge in [0.2, 0.25) is 0 Å². The molecule has 1 unspecified atom stereocenters. The number of aryl methyl sites for hydroxylation is 1. The molecular weight excluding hydrogens is 164 g/mol. The standard InChI is InChI=1S/C9H12N4/c1-5-3-7-9(11-4-5)13-8(12-7)6(2)10/h3-4,6H,10H2,1-2H3,(H,11,12,13). The van der Waals surface area contributed by atoms with Crippen LogP contribution in [0, 0.1) is 6.92 Å². The van der Waals surface area contributed by atoms with E-state index in [1.807, 2.05) is 19.9 Å². The number of aromatic amines is 1. The number of nitrogens with zero attached hydrogens (tertiary/aromatic N) is 2. The molecular formula is C9H12N4. The van der Waals surface area contributed by atoms with Crippen LogP contribution in [-0.2, 0) is 0 Å². The number of fused-ring (bicyclic) bond motifs is 1. The molecule has 0 aliphatic heterocycles. The zero-order valence-corrected chi connectivity index (χ0v) is 7.70. The lowest BCUT2D eigenvalue weighted by Gasteiger charge is -1.96. The number of nitrogens with one attached hydrogen (secondary N) is 1. The van der Waals surface area contributed by atoms with Gasteiger partial charge in [-0.15, -0.1) is 0 Å². The van der Waals surface area contributed by atoms with Crippen molar-refractivity contribution in [2.24, 2.45) is 5.73 Å². The highest BCUT2D eigenvalue weighted by atomic mass is 15.0. The molecule has 4 nitrogen and oxygen atoms in total. The van der Waals surface area contributed by atoms with Crippen LogP contribution >= 0.6 is 0 Å². The molecule has 2 heterocycles. The van der Waals surface area contributed by atoms with Gasteiger partial charge in [0, 0.05) is 6.20 Å². The van der Waals surface area contributed by atoms with Gasteiger partial charge < -0.3 is 10.7 Å². The molecule has 0 saturated carbocycles. The quantitative estimate of drug-likeness (QED) is 0.687. The van der Waals surface area contributed by atoms with Gasteiger partial charge in [0.05, 0.1) is 11.6 Å². The van der Waals surface area contributed by atoms with E-state index in [0.29, 0.717) is 0 Å². The zero-order chi connectivity index (χ0) is 9.42. The summed E-state index contributed by atoms with van der Waals surface area (Å²) in [6.07, 6.45) is 1.80. The van der Waals surface area contributed by atoms with Crippen molar-refractivity contribution in [3.63, 3.8) is 0 Å². The van der Waals surface area contributed by atoms with Crippen LogP contribution in [0.4, 0.5) is 0 Å². The fourth-order valence-electron chi connectivity index (χ4n) is 1.24. The average Bonchev–Trinajstić information content (AvgIpc) is 2.46. The first kappa shape index (κ1) is 8.19. The van der Waals surface area contributed by atoms with Gasteiger partial charge in [0.1, 0.15) is 5.82 Å². The van der Waals surface area contributed by atoms with Gasteiger partial charge in [-0.25, -0.2) is 9.97 Å². The number of aromatic nitrogens is 3. The molecule has 2 aromatic heterocycles. The Hall–Kier alpha value is -1.42. The van der Waals surface area contributed by atoms with Gasteiger partial charge in [0.15, 0.2) is 5.65 Å². The summed E-state index contributed by atoms with van der Waals surface area (Å²) in [6.45, 7) is 3.89. The molecule has 0 radical (unpaired) electrons. The van der Waals surface area contributed by atoms with Gasteiger partial charge in [-0.05, 0) is 25.5 Å². The average molecular weight is 176 g/mol. The minimum Gasteiger partial charge on any atom is -0.339 e. The van der Waals surface area contributed by atoms with Crippen molar-refractivity contribution in [3.05, 3.63) is 23.7 Å². The number of nitrogens with two attached hydrogens (primary N) is 1. The van der Waals surface area contributed by atoms with E-state index in [-0.39, 0.29) is 6.04 Å². The second-order valence-electron chi connectivity index (χ2n) is 3.29. The summed E-state index contributed by atoms with van der Waals surface area (Å²) in [5.41, 5.74) is 8.50. The molecule has 0 bridgehead atoms. The van der Waals surface area contributed by atoms with E-state index in [2.05, 4.69) is 15.0 Å². The number of rotatable bonds is 1. The lowest BCUT2D eigenvalue weighted by molar-refractivity contribution is 0.759. The summed E-state index contributed by atoms with van der Waals surface area (Å²) in [6, 6.07) is 1.94. The van der Waals surface area contributed by atoms with Crippen LogP contribution < -0.4 is 5.73 Å². The van der Waals surface area contributed by atoms with Crippen molar-refractivity contribution in [3.8, 4) is 0 Å². The van der Waals surface area contributed by atoms with Gasteiger partial charge in [-0.2, -0.15) is 0 Å². The summed E-state index contributed by atoms with van der Waals surface area (Å²) < 4.78 is 0. The van der Waals surface area contributed by atoms with Gasteiger partial charge in [-0.3, -0.25) is 0 Å². The molecule has 1 atom stereocenters. The third-order valence-corrected chi connectivity index (χ3v) is 1.92. The maximum Gasteiger partial charge on any atom is 0.177 e. The van der Waals surface area contributed by atoms with Crippen LogP contribution in [0.3, 0.4) is 0 Å². The van der Waals surface area contributed by atoms with Crippen LogP contribution in [0.5, 0.6) is 0 Å². The molecule has 2 rings (SSSR count). The van der Waals surface area contributed by atoms with Crippen LogP contribution in [-0.4, -0.2) is 15.0 Å². The minimum atomic E-state index is -0.0745. The molecule has 0 aliphatic rings. The van der Waals surface area contributed by atoms with Crippen molar-refractivity contribution in [1.29, 1.82) is 0 Å². The summed E-state index contributed by atoms with van der Waals surface area (Å²) in [5, 5.41) is 0. The molecule has 0 spiro atoms. The van der Waals surface area contributed by atoms with Crippen LogP contribution in [0.1, 0.15) is 24.4 Å². The molecule has 4 heteroatoms.